The van der Waals surface area contributed by atoms with Crippen LogP contribution in [-0.2, 0) is 0 Å². The van der Waals surface area contributed by atoms with Crippen LogP contribution < -0.4 is 0 Å². The zero-order chi connectivity index (χ0) is 10.7. The van der Waals surface area contributed by atoms with Crippen molar-refractivity contribution in [2.24, 2.45) is 0 Å². The van der Waals surface area contributed by atoms with Crippen molar-refractivity contribution >= 4 is 11.8 Å². The Labute approximate surface area is 88.3 Å². The van der Waals surface area contributed by atoms with Crippen LogP contribution in [-0.4, -0.2) is 10.4 Å². The summed E-state index contributed by atoms with van der Waals surface area (Å²) in [7, 11) is 0. The fourth-order valence-corrected chi connectivity index (χ4v) is 1.95. The quantitative estimate of drug-likeness (QED) is 0.778. The lowest BCUT2D eigenvalue weighted by Crippen LogP contribution is -1.94. The van der Waals surface area contributed by atoms with Crippen molar-refractivity contribution in [1.82, 2.24) is 0 Å². The molecule has 14 heavy (non-hydrogen) atoms. The van der Waals surface area contributed by atoms with Gasteiger partial charge in [-0.05, 0) is 24.6 Å². The van der Waals surface area contributed by atoms with Crippen molar-refractivity contribution in [3.8, 4) is 0 Å². The number of aliphatic hydroxyl groups is 1. The second-order valence-corrected chi connectivity index (χ2v) is 5.15. The monoisotopic (exact) mass is 214 g/mol. The first-order valence-corrected chi connectivity index (χ1v) is 5.53. The molecule has 0 saturated heterocycles. The highest BCUT2D eigenvalue weighted by Crippen LogP contribution is 2.27. The summed E-state index contributed by atoms with van der Waals surface area (Å²) in [5.41, 5.74) is 0.621. The summed E-state index contributed by atoms with van der Waals surface area (Å²) in [5.74, 6) is -0.248. The SMILES string of the molecule is CC(C)Sc1ccc([C@@H](C)O)cc1F. The van der Waals surface area contributed by atoms with Crippen molar-refractivity contribution < 1.29 is 9.50 Å². The normalized spacial score (nSPS) is 13.3. The Kier molecular flexibility index (Phi) is 3.96. The molecular formula is C11H15FOS. The number of aliphatic hydroxyl groups excluding tert-OH is 1. The van der Waals surface area contributed by atoms with E-state index in [-0.39, 0.29) is 5.82 Å². The Morgan fingerprint density at radius 2 is 1.93 bits per heavy atom. The molecule has 0 aliphatic rings. The number of thioether (sulfide) groups is 1. The van der Waals surface area contributed by atoms with E-state index in [9.17, 15) is 9.50 Å². The van der Waals surface area contributed by atoms with E-state index in [1.807, 2.05) is 13.8 Å². The summed E-state index contributed by atoms with van der Waals surface area (Å²) in [6.07, 6.45) is -0.609. The molecule has 1 rings (SSSR count). The molecule has 0 fully saturated rings. The lowest BCUT2D eigenvalue weighted by molar-refractivity contribution is 0.198. The van der Waals surface area contributed by atoms with E-state index < -0.39 is 6.10 Å². The van der Waals surface area contributed by atoms with Gasteiger partial charge in [-0.2, -0.15) is 0 Å². The molecule has 0 aliphatic carbocycles. The minimum Gasteiger partial charge on any atom is -0.389 e. The molecule has 3 heteroatoms. The van der Waals surface area contributed by atoms with Crippen LogP contribution in [0.2, 0.25) is 0 Å². The minimum atomic E-state index is -0.609. The second-order valence-electron chi connectivity index (χ2n) is 3.53. The molecule has 1 atom stereocenters. The predicted molar refractivity (Wildman–Crippen MR) is 58.0 cm³/mol. The highest BCUT2D eigenvalue weighted by molar-refractivity contribution is 7.99. The average molecular weight is 214 g/mol. The van der Waals surface area contributed by atoms with Crippen LogP contribution in [0.25, 0.3) is 0 Å². The first kappa shape index (κ1) is 11.5. The Bertz CT molecular complexity index is 310. The van der Waals surface area contributed by atoms with Crippen LogP contribution in [0.3, 0.4) is 0 Å². The maximum Gasteiger partial charge on any atom is 0.137 e. The molecule has 0 unspecified atom stereocenters. The topological polar surface area (TPSA) is 20.2 Å². The van der Waals surface area contributed by atoms with Gasteiger partial charge < -0.3 is 5.11 Å². The molecule has 0 spiro atoms. The van der Waals surface area contributed by atoms with Gasteiger partial charge in [0.05, 0.1) is 6.10 Å². The maximum absolute atomic E-state index is 13.4. The molecule has 1 aromatic rings. The van der Waals surface area contributed by atoms with Crippen molar-refractivity contribution in [2.75, 3.05) is 0 Å². The third-order valence-electron chi connectivity index (χ3n) is 1.80. The van der Waals surface area contributed by atoms with Crippen molar-refractivity contribution in [3.05, 3.63) is 29.6 Å². The average Bonchev–Trinajstić information content (AvgIpc) is 2.07. The summed E-state index contributed by atoms with van der Waals surface area (Å²) < 4.78 is 13.4. The van der Waals surface area contributed by atoms with Crippen LogP contribution >= 0.6 is 11.8 Å². The molecule has 1 nitrogen and oxygen atoms in total. The first-order valence-electron chi connectivity index (χ1n) is 4.65. The van der Waals surface area contributed by atoms with Crippen molar-refractivity contribution in [3.63, 3.8) is 0 Å². The molecule has 0 amide bonds. The highest BCUT2D eigenvalue weighted by Gasteiger charge is 2.08. The van der Waals surface area contributed by atoms with Gasteiger partial charge in [-0.3, -0.25) is 0 Å². The van der Waals surface area contributed by atoms with Gasteiger partial charge in [0.15, 0.2) is 0 Å². The van der Waals surface area contributed by atoms with Crippen molar-refractivity contribution in [1.29, 1.82) is 0 Å². The number of halogens is 1. The molecule has 0 bridgehead atoms. The number of benzene rings is 1. The summed E-state index contributed by atoms with van der Waals surface area (Å²) in [4.78, 5) is 0.643. The predicted octanol–water partition coefficient (Wildman–Crippen LogP) is 3.38. The van der Waals surface area contributed by atoms with E-state index in [0.717, 1.165) is 0 Å². The third-order valence-corrected chi connectivity index (χ3v) is 2.86. The molecular weight excluding hydrogens is 199 g/mol. The lowest BCUT2D eigenvalue weighted by atomic mass is 10.1. The molecule has 0 radical (unpaired) electrons. The van der Waals surface area contributed by atoms with E-state index in [0.29, 0.717) is 15.7 Å². The fourth-order valence-electron chi connectivity index (χ4n) is 1.13. The molecule has 0 aromatic heterocycles. The maximum atomic E-state index is 13.4. The standard InChI is InChI=1S/C11H15FOS/c1-7(2)14-11-5-4-9(8(3)13)6-10(11)12/h4-8,13H,1-3H3/t8-/m1/s1. The second kappa shape index (κ2) is 4.80. The summed E-state index contributed by atoms with van der Waals surface area (Å²) in [6.45, 7) is 5.67. The van der Waals surface area contributed by atoms with Crippen LogP contribution in [0.1, 0.15) is 32.4 Å². The Hall–Kier alpha value is -0.540. The molecule has 0 aliphatic heterocycles. The smallest absolute Gasteiger partial charge is 0.137 e. The van der Waals surface area contributed by atoms with Crippen LogP contribution in [0.4, 0.5) is 4.39 Å². The van der Waals surface area contributed by atoms with Gasteiger partial charge in [-0.1, -0.05) is 19.9 Å². The van der Waals surface area contributed by atoms with Crippen LogP contribution in [0.15, 0.2) is 23.1 Å². The van der Waals surface area contributed by atoms with Crippen molar-refractivity contribution in [2.45, 2.75) is 37.0 Å². The van der Waals surface area contributed by atoms with Crippen LogP contribution in [0, 0.1) is 5.82 Å². The molecule has 1 N–H and O–H groups in total. The van der Waals surface area contributed by atoms with E-state index in [1.165, 1.54) is 17.8 Å². The van der Waals surface area contributed by atoms with Crippen LogP contribution in [0.5, 0.6) is 0 Å². The zero-order valence-electron chi connectivity index (χ0n) is 8.62. The van der Waals surface area contributed by atoms with Gasteiger partial charge in [0.1, 0.15) is 5.82 Å². The molecule has 1 aromatic carbocycles. The van der Waals surface area contributed by atoms with Gasteiger partial charge in [0.25, 0.3) is 0 Å². The minimum absolute atomic E-state index is 0.248. The summed E-state index contributed by atoms with van der Waals surface area (Å²) >= 11 is 1.49. The summed E-state index contributed by atoms with van der Waals surface area (Å²) in [6, 6.07) is 4.88. The van der Waals surface area contributed by atoms with E-state index in [4.69, 9.17) is 0 Å². The molecule has 78 valence electrons. The largest absolute Gasteiger partial charge is 0.389 e. The number of hydrogen-bond acceptors (Lipinski definition) is 2. The van der Waals surface area contributed by atoms with E-state index in [1.54, 1.807) is 19.1 Å². The van der Waals surface area contributed by atoms with Gasteiger partial charge in [0, 0.05) is 10.1 Å². The number of rotatable bonds is 3. The van der Waals surface area contributed by atoms with Gasteiger partial charge >= 0.3 is 0 Å². The fraction of sp³-hybridized carbons (Fsp3) is 0.455. The Balaban J connectivity index is 2.90. The highest BCUT2D eigenvalue weighted by atomic mass is 32.2. The first-order chi connectivity index (χ1) is 6.50. The van der Waals surface area contributed by atoms with Gasteiger partial charge in [-0.15, -0.1) is 11.8 Å². The third kappa shape index (κ3) is 3.00. The molecule has 0 heterocycles. The number of hydrogen-bond donors (Lipinski definition) is 1. The lowest BCUT2D eigenvalue weighted by Gasteiger charge is -2.09. The summed E-state index contributed by atoms with van der Waals surface area (Å²) in [5, 5.41) is 9.61. The Morgan fingerprint density at radius 3 is 2.36 bits per heavy atom. The van der Waals surface area contributed by atoms with E-state index >= 15 is 0 Å². The Morgan fingerprint density at radius 1 is 1.29 bits per heavy atom. The van der Waals surface area contributed by atoms with Gasteiger partial charge in [0.2, 0.25) is 0 Å². The molecule has 0 saturated carbocycles. The van der Waals surface area contributed by atoms with Gasteiger partial charge in [-0.25, -0.2) is 4.39 Å². The zero-order valence-corrected chi connectivity index (χ0v) is 9.44. The van der Waals surface area contributed by atoms with E-state index in [2.05, 4.69) is 0 Å².